The van der Waals surface area contributed by atoms with E-state index in [-0.39, 0.29) is 5.91 Å². The molecule has 1 amide bonds. The van der Waals surface area contributed by atoms with Gasteiger partial charge in [0.2, 0.25) is 5.91 Å². The maximum absolute atomic E-state index is 11.5. The van der Waals surface area contributed by atoms with E-state index in [0.29, 0.717) is 37.1 Å². The minimum atomic E-state index is 0.0325. The van der Waals surface area contributed by atoms with Gasteiger partial charge in [0.05, 0.1) is 0 Å². The fourth-order valence-electron chi connectivity index (χ4n) is 1.47. The summed E-state index contributed by atoms with van der Waals surface area (Å²) in [5.74, 6) is 7.07. The van der Waals surface area contributed by atoms with Gasteiger partial charge < -0.3 is 16.1 Å². The second-order valence-electron chi connectivity index (χ2n) is 4.71. The fraction of sp³-hybridized carbons (Fsp3) is 0.583. The van der Waals surface area contributed by atoms with Gasteiger partial charge >= 0.3 is 0 Å². The van der Waals surface area contributed by atoms with Crippen LogP contribution in [-0.2, 0) is 4.79 Å². The van der Waals surface area contributed by atoms with E-state index in [9.17, 15) is 4.79 Å². The van der Waals surface area contributed by atoms with Crippen LogP contribution in [0.15, 0.2) is 6.33 Å². The number of hydrogen-bond acceptors (Lipinski definition) is 6. The number of hydrogen-bond donors (Lipinski definition) is 4. The molecule has 1 rings (SSSR count). The van der Waals surface area contributed by atoms with Crippen molar-refractivity contribution in [3.63, 3.8) is 0 Å². The van der Waals surface area contributed by atoms with Crippen LogP contribution in [-0.4, -0.2) is 29.0 Å². The molecule has 0 unspecified atom stereocenters. The number of amides is 1. The number of carbonyl (C=O) groups excluding carboxylic acids is 1. The van der Waals surface area contributed by atoms with E-state index in [2.05, 4.69) is 39.9 Å². The van der Waals surface area contributed by atoms with Crippen LogP contribution >= 0.6 is 0 Å². The van der Waals surface area contributed by atoms with Crippen LogP contribution < -0.4 is 21.9 Å². The first-order valence-corrected chi connectivity index (χ1v) is 6.33. The molecule has 1 heterocycles. The maximum Gasteiger partial charge on any atom is 0.221 e. The lowest BCUT2D eigenvalue weighted by Gasteiger charge is -2.11. The van der Waals surface area contributed by atoms with Crippen LogP contribution in [0, 0.1) is 12.8 Å². The normalized spacial score (nSPS) is 10.4. The summed E-state index contributed by atoms with van der Waals surface area (Å²) >= 11 is 0. The molecule has 0 aliphatic heterocycles. The Bertz CT molecular complexity index is 421. The Kier molecular flexibility index (Phi) is 6.01. The van der Waals surface area contributed by atoms with Gasteiger partial charge in [-0.05, 0) is 12.8 Å². The zero-order valence-electron chi connectivity index (χ0n) is 11.7. The molecule has 0 fully saturated rings. The average molecular weight is 266 g/mol. The predicted octanol–water partition coefficient (Wildman–Crippen LogP) is 0.645. The predicted molar refractivity (Wildman–Crippen MR) is 75.5 cm³/mol. The SMILES string of the molecule is Cc1c(NN)ncnc1NCCC(=O)NCC(C)C. The number of anilines is 2. The minimum absolute atomic E-state index is 0.0325. The molecule has 0 atom stereocenters. The third kappa shape index (κ3) is 5.09. The first-order valence-electron chi connectivity index (χ1n) is 6.33. The van der Waals surface area contributed by atoms with Crippen LogP contribution in [0.5, 0.6) is 0 Å². The van der Waals surface area contributed by atoms with E-state index in [4.69, 9.17) is 5.84 Å². The Hall–Kier alpha value is -1.89. The summed E-state index contributed by atoms with van der Waals surface area (Å²) in [5.41, 5.74) is 3.32. The molecule has 0 radical (unpaired) electrons. The number of nitrogens with two attached hydrogens (primary N) is 1. The molecular weight excluding hydrogens is 244 g/mol. The third-order valence-electron chi connectivity index (χ3n) is 2.57. The molecule has 0 bridgehead atoms. The second kappa shape index (κ2) is 7.52. The number of aromatic nitrogens is 2. The fourth-order valence-corrected chi connectivity index (χ4v) is 1.47. The van der Waals surface area contributed by atoms with Gasteiger partial charge in [-0.1, -0.05) is 13.8 Å². The Morgan fingerprint density at radius 2 is 2.05 bits per heavy atom. The van der Waals surface area contributed by atoms with Gasteiger partial charge in [-0.15, -0.1) is 0 Å². The van der Waals surface area contributed by atoms with Gasteiger partial charge in [-0.25, -0.2) is 15.8 Å². The molecule has 106 valence electrons. The number of rotatable bonds is 7. The summed E-state index contributed by atoms with van der Waals surface area (Å²) in [6.45, 7) is 7.20. The quantitative estimate of drug-likeness (QED) is 0.426. The highest BCUT2D eigenvalue weighted by atomic mass is 16.1. The van der Waals surface area contributed by atoms with Crippen molar-refractivity contribution >= 4 is 17.5 Å². The van der Waals surface area contributed by atoms with Crippen LogP contribution in [0.25, 0.3) is 0 Å². The van der Waals surface area contributed by atoms with Crippen molar-refractivity contribution in [2.45, 2.75) is 27.2 Å². The van der Waals surface area contributed by atoms with Crippen LogP contribution in [0.3, 0.4) is 0 Å². The smallest absolute Gasteiger partial charge is 0.221 e. The van der Waals surface area contributed by atoms with E-state index >= 15 is 0 Å². The maximum atomic E-state index is 11.5. The molecule has 0 aliphatic rings. The van der Waals surface area contributed by atoms with Crippen molar-refractivity contribution in [3.8, 4) is 0 Å². The van der Waals surface area contributed by atoms with E-state index < -0.39 is 0 Å². The summed E-state index contributed by atoms with van der Waals surface area (Å²) in [7, 11) is 0. The summed E-state index contributed by atoms with van der Waals surface area (Å²) in [6, 6.07) is 0. The molecule has 0 spiro atoms. The van der Waals surface area contributed by atoms with Gasteiger partial charge in [0.15, 0.2) is 0 Å². The lowest BCUT2D eigenvalue weighted by molar-refractivity contribution is -0.120. The number of carbonyl (C=O) groups is 1. The monoisotopic (exact) mass is 266 g/mol. The number of nitrogens with one attached hydrogen (secondary N) is 3. The molecule has 0 saturated carbocycles. The molecule has 7 nitrogen and oxygen atoms in total. The van der Waals surface area contributed by atoms with Gasteiger partial charge in [0, 0.05) is 25.1 Å². The lowest BCUT2D eigenvalue weighted by atomic mass is 10.2. The second-order valence-corrected chi connectivity index (χ2v) is 4.71. The van der Waals surface area contributed by atoms with Crippen LogP contribution in [0.2, 0.25) is 0 Å². The Morgan fingerprint density at radius 1 is 1.37 bits per heavy atom. The number of hydrazine groups is 1. The number of nitrogen functional groups attached to an aromatic ring is 1. The Labute approximate surface area is 113 Å². The Balaban J connectivity index is 2.39. The first kappa shape index (κ1) is 15.2. The average Bonchev–Trinajstić information content (AvgIpc) is 2.38. The number of nitrogens with zero attached hydrogens (tertiary/aromatic N) is 2. The third-order valence-corrected chi connectivity index (χ3v) is 2.57. The van der Waals surface area contributed by atoms with Crippen LogP contribution in [0.1, 0.15) is 25.8 Å². The summed E-state index contributed by atoms with van der Waals surface area (Å²) in [4.78, 5) is 19.6. The zero-order chi connectivity index (χ0) is 14.3. The molecule has 0 aliphatic carbocycles. The highest BCUT2D eigenvalue weighted by Crippen LogP contribution is 2.16. The van der Waals surface area contributed by atoms with Crippen molar-refractivity contribution in [3.05, 3.63) is 11.9 Å². The molecule has 0 aromatic carbocycles. The van der Waals surface area contributed by atoms with Gasteiger partial charge in [-0.2, -0.15) is 0 Å². The van der Waals surface area contributed by atoms with E-state index in [1.807, 2.05) is 6.92 Å². The standard InChI is InChI=1S/C12H22N6O/c1-8(2)6-15-10(19)4-5-14-11-9(3)12(18-13)17-7-16-11/h7-8H,4-6,13H2,1-3H3,(H,15,19)(H2,14,16,17,18). The molecule has 19 heavy (non-hydrogen) atoms. The van der Waals surface area contributed by atoms with Crippen molar-refractivity contribution in [1.29, 1.82) is 0 Å². The molecule has 0 saturated heterocycles. The van der Waals surface area contributed by atoms with Crippen LogP contribution in [0.4, 0.5) is 11.6 Å². The first-order chi connectivity index (χ1) is 9.04. The van der Waals surface area contributed by atoms with E-state index in [0.717, 1.165) is 5.56 Å². The zero-order valence-corrected chi connectivity index (χ0v) is 11.7. The molecule has 1 aromatic heterocycles. The lowest BCUT2D eigenvalue weighted by Crippen LogP contribution is -2.28. The van der Waals surface area contributed by atoms with Crippen molar-refractivity contribution in [1.82, 2.24) is 15.3 Å². The summed E-state index contributed by atoms with van der Waals surface area (Å²) in [5, 5.41) is 5.96. The van der Waals surface area contributed by atoms with Crippen molar-refractivity contribution in [2.24, 2.45) is 11.8 Å². The van der Waals surface area contributed by atoms with E-state index in [1.54, 1.807) is 0 Å². The topological polar surface area (TPSA) is 105 Å². The highest BCUT2D eigenvalue weighted by Gasteiger charge is 2.06. The molecule has 5 N–H and O–H groups in total. The summed E-state index contributed by atoms with van der Waals surface area (Å²) in [6.07, 6.45) is 1.82. The molecular formula is C12H22N6O. The largest absolute Gasteiger partial charge is 0.369 e. The van der Waals surface area contributed by atoms with Gasteiger partial charge in [0.1, 0.15) is 18.0 Å². The van der Waals surface area contributed by atoms with Crippen molar-refractivity contribution < 1.29 is 4.79 Å². The van der Waals surface area contributed by atoms with E-state index in [1.165, 1.54) is 6.33 Å². The highest BCUT2D eigenvalue weighted by molar-refractivity contribution is 5.76. The Morgan fingerprint density at radius 3 is 2.68 bits per heavy atom. The van der Waals surface area contributed by atoms with Crippen molar-refractivity contribution in [2.75, 3.05) is 23.8 Å². The minimum Gasteiger partial charge on any atom is -0.369 e. The van der Waals surface area contributed by atoms with Gasteiger partial charge in [-0.3, -0.25) is 4.79 Å². The van der Waals surface area contributed by atoms with Gasteiger partial charge in [0.25, 0.3) is 0 Å². The summed E-state index contributed by atoms with van der Waals surface area (Å²) < 4.78 is 0. The molecule has 1 aromatic rings. The molecule has 7 heteroatoms.